The van der Waals surface area contributed by atoms with Crippen molar-refractivity contribution in [3.05, 3.63) is 36.2 Å². The van der Waals surface area contributed by atoms with Crippen LogP contribution in [0, 0.1) is 0 Å². The highest BCUT2D eigenvalue weighted by Crippen LogP contribution is 2.15. The summed E-state index contributed by atoms with van der Waals surface area (Å²) in [4.78, 5) is 25.1. The molecule has 3 rings (SSSR count). The topological polar surface area (TPSA) is 110 Å². The van der Waals surface area contributed by atoms with E-state index in [1.165, 1.54) is 15.9 Å². The van der Waals surface area contributed by atoms with Gasteiger partial charge in [-0.2, -0.15) is 0 Å². The minimum atomic E-state index is -1.08. The molecule has 1 aromatic carbocycles. The number of aromatic nitrogens is 4. The second kappa shape index (κ2) is 5.90. The molecule has 22 heavy (non-hydrogen) atoms. The zero-order valence-corrected chi connectivity index (χ0v) is 11.5. The lowest BCUT2D eigenvalue weighted by Crippen LogP contribution is -2.52. The average Bonchev–Trinajstić information content (AvgIpc) is 3.09. The molecule has 1 aliphatic rings. The average molecular weight is 303 g/mol. The van der Waals surface area contributed by atoms with E-state index in [2.05, 4.69) is 15.5 Å². The van der Waals surface area contributed by atoms with Crippen molar-refractivity contribution in [1.29, 1.82) is 0 Å². The third kappa shape index (κ3) is 2.66. The Morgan fingerprint density at radius 2 is 2.23 bits per heavy atom. The predicted octanol–water partition coefficient (Wildman–Crippen LogP) is -0.412. The van der Waals surface area contributed by atoms with Crippen molar-refractivity contribution in [1.82, 2.24) is 25.1 Å². The Hall–Kier alpha value is -2.81. The summed E-state index contributed by atoms with van der Waals surface area (Å²) in [5, 5.41) is 20.0. The summed E-state index contributed by atoms with van der Waals surface area (Å²) in [5.41, 5.74) is 0.997. The number of carbonyl (C=O) groups is 2. The Morgan fingerprint density at radius 3 is 2.95 bits per heavy atom. The van der Waals surface area contributed by atoms with Gasteiger partial charge in [0, 0.05) is 12.1 Å². The summed E-state index contributed by atoms with van der Waals surface area (Å²) in [6.45, 7) is 0.556. The van der Waals surface area contributed by atoms with Crippen LogP contribution >= 0.6 is 0 Å². The molecule has 9 heteroatoms. The lowest BCUT2D eigenvalue weighted by atomic mass is 10.1. The van der Waals surface area contributed by atoms with Gasteiger partial charge in [-0.15, -0.1) is 5.10 Å². The van der Waals surface area contributed by atoms with Crippen LogP contribution in [-0.2, 0) is 9.53 Å². The van der Waals surface area contributed by atoms with Crippen molar-refractivity contribution in [2.75, 3.05) is 19.8 Å². The van der Waals surface area contributed by atoms with Gasteiger partial charge in [-0.3, -0.25) is 4.79 Å². The maximum atomic E-state index is 12.6. The van der Waals surface area contributed by atoms with Crippen molar-refractivity contribution in [2.24, 2.45) is 0 Å². The van der Waals surface area contributed by atoms with Gasteiger partial charge in [-0.05, 0) is 28.6 Å². The van der Waals surface area contributed by atoms with Gasteiger partial charge in [0.2, 0.25) is 0 Å². The van der Waals surface area contributed by atoms with Crippen LogP contribution in [0.1, 0.15) is 10.4 Å². The summed E-state index contributed by atoms with van der Waals surface area (Å²) in [6.07, 6.45) is 1.42. The Morgan fingerprint density at radius 1 is 1.36 bits per heavy atom. The highest BCUT2D eigenvalue weighted by atomic mass is 16.5. The van der Waals surface area contributed by atoms with E-state index >= 15 is 0 Å². The molecule has 0 bridgehead atoms. The first-order valence-electron chi connectivity index (χ1n) is 6.62. The first-order chi connectivity index (χ1) is 10.7. The Labute approximate surface area is 125 Å². The molecule has 0 radical (unpaired) electrons. The van der Waals surface area contributed by atoms with Gasteiger partial charge in [0.05, 0.1) is 18.9 Å². The molecule has 0 spiro atoms. The fraction of sp³-hybridized carbons (Fsp3) is 0.308. The highest BCUT2D eigenvalue weighted by Gasteiger charge is 2.33. The molecular formula is C13H13N5O4. The van der Waals surface area contributed by atoms with Gasteiger partial charge in [0.15, 0.2) is 6.04 Å². The largest absolute Gasteiger partial charge is 0.480 e. The number of hydrogen-bond donors (Lipinski definition) is 1. The summed E-state index contributed by atoms with van der Waals surface area (Å²) in [5.74, 6) is -1.43. The van der Waals surface area contributed by atoms with Gasteiger partial charge in [0.1, 0.15) is 6.33 Å². The Kier molecular flexibility index (Phi) is 3.79. The maximum absolute atomic E-state index is 12.6. The number of carboxylic acid groups (broad SMARTS) is 1. The quantitative estimate of drug-likeness (QED) is 0.820. The van der Waals surface area contributed by atoms with Crippen molar-refractivity contribution in [2.45, 2.75) is 6.04 Å². The predicted molar refractivity (Wildman–Crippen MR) is 72.4 cm³/mol. The number of carboxylic acids is 1. The van der Waals surface area contributed by atoms with E-state index in [1.54, 1.807) is 24.3 Å². The van der Waals surface area contributed by atoms with Crippen LogP contribution in [0.5, 0.6) is 0 Å². The molecule has 2 aromatic rings. The first-order valence-corrected chi connectivity index (χ1v) is 6.62. The summed E-state index contributed by atoms with van der Waals surface area (Å²) in [6, 6.07) is 5.72. The monoisotopic (exact) mass is 303 g/mol. The van der Waals surface area contributed by atoms with Crippen LogP contribution in [0.4, 0.5) is 0 Å². The third-order valence-corrected chi connectivity index (χ3v) is 3.38. The third-order valence-electron chi connectivity index (χ3n) is 3.38. The van der Waals surface area contributed by atoms with Gasteiger partial charge >= 0.3 is 5.97 Å². The maximum Gasteiger partial charge on any atom is 0.328 e. The summed E-state index contributed by atoms with van der Waals surface area (Å²) < 4.78 is 6.56. The summed E-state index contributed by atoms with van der Waals surface area (Å²) in [7, 11) is 0. The molecule has 1 aliphatic heterocycles. The molecule has 1 amide bonds. The fourth-order valence-electron chi connectivity index (χ4n) is 2.28. The van der Waals surface area contributed by atoms with E-state index in [9.17, 15) is 14.7 Å². The molecule has 2 heterocycles. The molecular weight excluding hydrogens is 290 g/mol. The van der Waals surface area contributed by atoms with E-state index in [-0.39, 0.29) is 19.1 Å². The fourth-order valence-corrected chi connectivity index (χ4v) is 2.28. The molecule has 1 unspecified atom stereocenters. The number of morpholine rings is 1. The second-order valence-corrected chi connectivity index (χ2v) is 4.73. The smallest absolute Gasteiger partial charge is 0.328 e. The molecule has 0 aliphatic carbocycles. The number of amides is 1. The van der Waals surface area contributed by atoms with Crippen LogP contribution < -0.4 is 0 Å². The van der Waals surface area contributed by atoms with E-state index < -0.39 is 12.0 Å². The van der Waals surface area contributed by atoms with E-state index in [1.807, 2.05) is 0 Å². The van der Waals surface area contributed by atoms with Crippen LogP contribution in [0.15, 0.2) is 30.6 Å². The SMILES string of the molecule is O=C(O)C1COCCN1C(=O)c1cccc(-n2cnnn2)c1. The Balaban J connectivity index is 1.88. The molecule has 1 atom stereocenters. The normalized spacial score (nSPS) is 18.2. The lowest BCUT2D eigenvalue weighted by Gasteiger charge is -2.32. The van der Waals surface area contributed by atoms with Crippen LogP contribution in [0.2, 0.25) is 0 Å². The molecule has 1 N–H and O–H groups in total. The van der Waals surface area contributed by atoms with Gasteiger partial charge in [-0.1, -0.05) is 6.07 Å². The number of ether oxygens (including phenoxy) is 1. The Bertz CT molecular complexity index is 687. The highest BCUT2D eigenvalue weighted by molar-refractivity contribution is 5.97. The summed E-state index contributed by atoms with van der Waals surface area (Å²) >= 11 is 0. The molecule has 9 nitrogen and oxygen atoms in total. The van der Waals surface area contributed by atoms with Crippen molar-refractivity contribution >= 4 is 11.9 Å². The molecule has 1 fully saturated rings. The van der Waals surface area contributed by atoms with Crippen molar-refractivity contribution in [3.63, 3.8) is 0 Å². The van der Waals surface area contributed by atoms with E-state index in [0.29, 0.717) is 17.9 Å². The number of tetrazole rings is 1. The van der Waals surface area contributed by atoms with Crippen molar-refractivity contribution in [3.8, 4) is 5.69 Å². The van der Waals surface area contributed by atoms with Gasteiger partial charge in [0.25, 0.3) is 5.91 Å². The number of benzene rings is 1. The van der Waals surface area contributed by atoms with Crippen LogP contribution in [0.3, 0.4) is 0 Å². The second-order valence-electron chi connectivity index (χ2n) is 4.73. The molecule has 1 saturated heterocycles. The van der Waals surface area contributed by atoms with Crippen LogP contribution in [-0.4, -0.2) is 67.9 Å². The molecule has 0 saturated carbocycles. The molecule has 114 valence electrons. The van der Waals surface area contributed by atoms with Gasteiger partial charge in [-0.25, -0.2) is 9.48 Å². The number of nitrogens with zero attached hydrogens (tertiary/aromatic N) is 5. The first kappa shape index (κ1) is 14.1. The number of rotatable bonds is 3. The molecule has 1 aromatic heterocycles. The van der Waals surface area contributed by atoms with E-state index in [0.717, 1.165) is 0 Å². The number of aliphatic carboxylic acids is 1. The van der Waals surface area contributed by atoms with Crippen molar-refractivity contribution < 1.29 is 19.4 Å². The van der Waals surface area contributed by atoms with Crippen LogP contribution in [0.25, 0.3) is 5.69 Å². The number of carbonyl (C=O) groups excluding carboxylic acids is 1. The minimum Gasteiger partial charge on any atom is -0.480 e. The van der Waals surface area contributed by atoms with Gasteiger partial charge < -0.3 is 14.7 Å². The van der Waals surface area contributed by atoms with E-state index in [4.69, 9.17) is 4.74 Å². The number of hydrogen-bond acceptors (Lipinski definition) is 6. The zero-order chi connectivity index (χ0) is 15.5. The minimum absolute atomic E-state index is 0.00619. The lowest BCUT2D eigenvalue weighted by molar-refractivity contribution is -0.147. The zero-order valence-electron chi connectivity index (χ0n) is 11.5. The standard InChI is InChI=1S/C13H13N5O4/c19-12(17-4-5-22-7-11(17)13(20)21)9-2-1-3-10(6-9)18-8-14-15-16-18/h1-3,6,8,11H,4-5,7H2,(H,20,21).